The van der Waals surface area contributed by atoms with Gasteiger partial charge in [0.05, 0.1) is 6.10 Å². The monoisotopic (exact) mass is 284 g/mol. The molecule has 0 spiro atoms. The number of methoxy groups -OCH3 is 1. The van der Waals surface area contributed by atoms with Crippen LogP contribution in [0.1, 0.15) is 35.9 Å². The van der Waals surface area contributed by atoms with Crippen molar-refractivity contribution in [2.24, 2.45) is 0 Å². The van der Waals surface area contributed by atoms with E-state index in [1.165, 1.54) is 0 Å². The summed E-state index contributed by atoms with van der Waals surface area (Å²) >= 11 is 0. The van der Waals surface area contributed by atoms with Crippen molar-refractivity contribution in [3.05, 3.63) is 65.7 Å². The van der Waals surface area contributed by atoms with E-state index in [2.05, 4.69) is 0 Å². The first-order chi connectivity index (χ1) is 10.1. The Morgan fingerprint density at radius 3 is 2.33 bits per heavy atom. The molecule has 0 bridgehead atoms. The lowest BCUT2D eigenvalue weighted by molar-refractivity contribution is 0.0604. The van der Waals surface area contributed by atoms with Crippen LogP contribution in [0.2, 0.25) is 0 Å². The number of carbonyl (C=O) groups excluding carboxylic acids is 1. The molecule has 0 saturated heterocycles. The van der Waals surface area contributed by atoms with Gasteiger partial charge in [-0.2, -0.15) is 0 Å². The van der Waals surface area contributed by atoms with Gasteiger partial charge in [0.25, 0.3) is 0 Å². The summed E-state index contributed by atoms with van der Waals surface area (Å²) in [6.45, 7) is 3.91. The van der Waals surface area contributed by atoms with Gasteiger partial charge in [0, 0.05) is 12.7 Å². The minimum Gasteiger partial charge on any atom is -0.491 e. The Bertz CT molecular complexity index is 590. The highest BCUT2D eigenvalue weighted by molar-refractivity contribution is 6.00. The molecule has 0 fully saturated rings. The van der Waals surface area contributed by atoms with E-state index in [0.29, 0.717) is 11.3 Å². The van der Waals surface area contributed by atoms with Gasteiger partial charge in [-0.25, -0.2) is 0 Å². The van der Waals surface area contributed by atoms with Crippen LogP contribution in [0.3, 0.4) is 0 Å². The lowest BCUT2D eigenvalue weighted by Crippen LogP contribution is -2.15. The molecule has 3 nitrogen and oxygen atoms in total. The molecule has 0 radical (unpaired) electrons. The topological polar surface area (TPSA) is 35.5 Å². The van der Waals surface area contributed by atoms with Gasteiger partial charge in [0.2, 0.25) is 0 Å². The smallest absolute Gasteiger partial charge is 0.196 e. The average Bonchev–Trinajstić information content (AvgIpc) is 2.48. The fourth-order valence-electron chi connectivity index (χ4n) is 2.17. The summed E-state index contributed by atoms with van der Waals surface area (Å²) in [5, 5.41) is 0. The van der Waals surface area contributed by atoms with E-state index in [-0.39, 0.29) is 11.9 Å². The summed E-state index contributed by atoms with van der Waals surface area (Å²) in [5.74, 6) is 0.622. The van der Waals surface area contributed by atoms with Crippen LogP contribution < -0.4 is 4.74 Å². The van der Waals surface area contributed by atoms with Crippen LogP contribution in [0.25, 0.3) is 0 Å². The molecule has 0 saturated carbocycles. The predicted molar refractivity (Wildman–Crippen MR) is 82.7 cm³/mol. The van der Waals surface area contributed by atoms with Gasteiger partial charge in [0.1, 0.15) is 11.9 Å². The van der Waals surface area contributed by atoms with Crippen molar-refractivity contribution in [3.63, 3.8) is 0 Å². The van der Waals surface area contributed by atoms with Crippen molar-refractivity contribution >= 4 is 5.78 Å². The van der Waals surface area contributed by atoms with Gasteiger partial charge >= 0.3 is 0 Å². The van der Waals surface area contributed by atoms with Crippen molar-refractivity contribution in [2.45, 2.75) is 26.1 Å². The minimum absolute atomic E-state index is 0.0714. The second-order valence-corrected chi connectivity index (χ2v) is 5.09. The molecule has 2 aromatic carbocycles. The van der Waals surface area contributed by atoms with Crippen molar-refractivity contribution in [3.8, 4) is 5.75 Å². The Morgan fingerprint density at radius 1 is 1.00 bits per heavy atom. The van der Waals surface area contributed by atoms with E-state index in [9.17, 15) is 4.79 Å². The van der Waals surface area contributed by atoms with Crippen LogP contribution in [-0.4, -0.2) is 19.0 Å². The predicted octanol–water partition coefficient (Wildman–Crippen LogP) is 4.04. The highest BCUT2D eigenvalue weighted by Crippen LogP contribution is 2.24. The molecule has 21 heavy (non-hydrogen) atoms. The van der Waals surface area contributed by atoms with Crippen molar-refractivity contribution in [1.82, 2.24) is 0 Å². The third-order valence-electron chi connectivity index (χ3n) is 3.07. The molecule has 1 unspecified atom stereocenters. The van der Waals surface area contributed by atoms with Gasteiger partial charge < -0.3 is 9.47 Å². The van der Waals surface area contributed by atoms with Crippen molar-refractivity contribution in [1.29, 1.82) is 0 Å². The van der Waals surface area contributed by atoms with E-state index in [1.54, 1.807) is 19.2 Å². The minimum atomic E-state index is -0.597. The van der Waals surface area contributed by atoms with Crippen LogP contribution >= 0.6 is 0 Å². The largest absolute Gasteiger partial charge is 0.491 e. The molecule has 0 amide bonds. The number of rotatable bonds is 6. The third kappa shape index (κ3) is 3.92. The highest BCUT2D eigenvalue weighted by atomic mass is 16.5. The SMILES string of the molecule is COC(C(=O)c1cccc(OC(C)C)c1)c1ccccc1. The van der Waals surface area contributed by atoms with Gasteiger partial charge in [-0.05, 0) is 31.5 Å². The van der Waals surface area contributed by atoms with E-state index >= 15 is 0 Å². The average molecular weight is 284 g/mol. The van der Waals surface area contributed by atoms with Crippen LogP contribution in [0.4, 0.5) is 0 Å². The second kappa shape index (κ2) is 7.04. The number of hydrogen-bond acceptors (Lipinski definition) is 3. The third-order valence-corrected chi connectivity index (χ3v) is 3.07. The zero-order valence-electron chi connectivity index (χ0n) is 12.6. The summed E-state index contributed by atoms with van der Waals surface area (Å²) in [4.78, 5) is 12.6. The van der Waals surface area contributed by atoms with Gasteiger partial charge in [-0.3, -0.25) is 4.79 Å². The first kappa shape index (κ1) is 15.3. The highest BCUT2D eigenvalue weighted by Gasteiger charge is 2.21. The molecule has 0 aliphatic rings. The Labute approximate surface area is 125 Å². The zero-order chi connectivity index (χ0) is 15.2. The number of ketones is 1. The molecule has 1 atom stereocenters. The standard InChI is InChI=1S/C18H20O3/c1-13(2)21-16-11-7-10-15(12-16)17(19)18(20-3)14-8-5-4-6-9-14/h4-13,18H,1-3H3. The molecule has 0 aliphatic carbocycles. The summed E-state index contributed by atoms with van der Waals surface area (Å²) < 4.78 is 11.0. The number of hydrogen-bond donors (Lipinski definition) is 0. The Balaban J connectivity index is 2.26. The van der Waals surface area contributed by atoms with Crippen molar-refractivity contribution < 1.29 is 14.3 Å². The van der Waals surface area contributed by atoms with Crippen LogP contribution in [-0.2, 0) is 4.74 Å². The molecule has 0 aromatic heterocycles. The maximum atomic E-state index is 12.6. The van der Waals surface area contributed by atoms with Gasteiger partial charge in [-0.1, -0.05) is 42.5 Å². The molecule has 0 N–H and O–H groups in total. The Hall–Kier alpha value is -2.13. The fraction of sp³-hybridized carbons (Fsp3) is 0.278. The van der Waals surface area contributed by atoms with E-state index in [4.69, 9.17) is 9.47 Å². The molecule has 0 aliphatic heterocycles. The van der Waals surface area contributed by atoms with Gasteiger partial charge in [0.15, 0.2) is 5.78 Å². The molecular weight excluding hydrogens is 264 g/mol. The summed E-state index contributed by atoms with van der Waals surface area (Å²) in [6.07, 6.45) is -0.525. The maximum Gasteiger partial charge on any atom is 0.196 e. The zero-order valence-corrected chi connectivity index (χ0v) is 12.6. The molecule has 110 valence electrons. The lowest BCUT2D eigenvalue weighted by Gasteiger charge is -2.16. The lowest BCUT2D eigenvalue weighted by atomic mass is 9.99. The second-order valence-electron chi connectivity index (χ2n) is 5.09. The summed E-state index contributed by atoms with van der Waals surface area (Å²) in [7, 11) is 1.55. The first-order valence-electron chi connectivity index (χ1n) is 7.00. The van der Waals surface area contributed by atoms with Crippen LogP contribution in [0.15, 0.2) is 54.6 Å². The summed E-state index contributed by atoms with van der Waals surface area (Å²) in [6, 6.07) is 16.7. The molecule has 2 aromatic rings. The molecule has 0 heterocycles. The molecular formula is C18H20O3. The molecule has 3 heteroatoms. The number of carbonyl (C=O) groups is 1. The van der Waals surface area contributed by atoms with E-state index in [1.807, 2.05) is 56.3 Å². The van der Waals surface area contributed by atoms with Crippen molar-refractivity contribution in [2.75, 3.05) is 7.11 Å². The van der Waals surface area contributed by atoms with E-state index < -0.39 is 6.10 Å². The number of ether oxygens (including phenoxy) is 2. The quantitative estimate of drug-likeness (QED) is 0.751. The first-order valence-corrected chi connectivity index (χ1v) is 7.00. The Kier molecular flexibility index (Phi) is 5.12. The van der Waals surface area contributed by atoms with Crippen LogP contribution in [0, 0.1) is 0 Å². The normalized spacial score (nSPS) is 12.2. The number of benzene rings is 2. The summed E-state index contributed by atoms with van der Waals surface area (Å²) in [5.41, 5.74) is 1.43. The van der Waals surface area contributed by atoms with E-state index in [0.717, 1.165) is 5.56 Å². The van der Waals surface area contributed by atoms with Crippen LogP contribution in [0.5, 0.6) is 5.75 Å². The Morgan fingerprint density at radius 2 is 1.71 bits per heavy atom. The molecule has 2 rings (SSSR count). The fourth-order valence-corrected chi connectivity index (χ4v) is 2.17. The number of Topliss-reactive ketones (excluding diaryl/α,β-unsaturated/α-hetero) is 1. The van der Waals surface area contributed by atoms with Gasteiger partial charge in [-0.15, -0.1) is 0 Å². The maximum absolute atomic E-state index is 12.6.